The molecule has 0 unspecified atom stereocenters. The number of ketones is 3. The standard InChI is InChI=1S/3C17H14O.CH2O3.2Cs/c3*18-17(13-11-15-7-3-1-4-8-15)14-12-16-9-5-2-6-10-16;2-1(3)4;;/h3*1-14H;(H2,2,3,4);;/q;;;;2*+1/p-2. The van der Waals surface area contributed by atoms with Crippen LogP contribution in [-0.4, -0.2) is 23.5 Å². The van der Waals surface area contributed by atoms with E-state index in [4.69, 9.17) is 15.0 Å². The van der Waals surface area contributed by atoms with E-state index in [0.717, 1.165) is 33.4 Å². The van der Waals surface area contributed by atoms with Gasteiger partial charge in [-0.15, -0.1) is 0 Å². The summed E-state index contributed by atoms with van der Waals surface area (Å²) in [6, 6.07) is 58.7. The molecule has 8 heteroatoms. The minimum Gasteiger partial charge on any atom is -0.652 e. The molecule has 6 nitrogen and oxygen atoms in total. The number of carbonyl (C=O) groups excluding carboxylic acids is 4. The van der Waals surface area contributed by atoms with Gasteiger partial charge < -0.3 is 15.0 Å². The van der Waals surface area contributed by atoms with Gasteiger partial charge in [0.25, 0.3) is 0 Å². The molecule has 0 atom stereocenters. The van der Waals surface area contributed by atoms with Gasteiger partial charge in [-0.1, -0.05) is 218 Å². The third kappa shape index (κ3) is 27.8. The van der Waals surface area contributed by atoms with Crippen LogP contribution in [0.2, 0.25) is 0 Å². The summed E-state index contributed by atoms with van der Waals surface area (Å²) in [6.45, 7) is 0. The van der Waals surface area contributed by atoms with Gasteiger partial charge in [-0.25, -0.2) is 0 Å². The number of hydrogen-bond acceptors (Lipinski definition) is 6. The molecule has 0 radical (unpaired) electrons. The second-order valence-corrected chi connectivity index (χ2v) is 11.9. The third-order valence-electron chi connectivity index (χ3n) is 7.44. The fraction of sp³-hybridized carbons (Fsp3) is 0. The second-order valence-electron chi connectivity index (χ2n) is 11.9. The average Bonchev–Trinajstić information content (AvgIpc) is 3.27. The van der Waals surface area contributed by atoms with Crippen molar-refractivity contribution in [1.29, 1.82) is 0 Å². The molecule has 0 aliphatic rings. The van der Waals surface area contributed by atoms with Crippen molar-refractivity contribution >= 4 is 60.0 Å². The zero-order chi connectivity index (χ0) is 41.5. The molecule has 0 heterocycles. The van der Waals surface area contributed by atoms with Crippen LogP contribution < -0.4 is 148 Å². The summed E-state index contributed by atoms with van der Waals surface area (Å²) in [4.78, 5) is 43.2. The van der Waals surface area contributed by atoms with Crippen molar-refractivity contribution in [3.8, 4) is 0 Å². The average molecular weight is 1030 g/mol. The van der Waals surface area contributed by atoms with E-state index in [0.29, 0.717) is 0 Å². The van der Waals surface area contributed by atoms with E-state index in [-0.39, 0.29) is 155 Å². The van der Waals surface area contributed by atoms with E-state index in [1.54, 1.807) is 36.5 Å². The first-order valence-corrected chi connectivity index (χ1v) is 18.2. The largest absolute Gasteiger partial charge is 1.00 e. The summed E-state index contributed by atoms with van der Waals surface area (Å²) in [7, 11) is 0. The van der Waals surface area contributed by atoms with Gasteiger partial charge >= 0.3 is 138 Å². The molecule has 0 spiro atoms. The SMILES string of the molecule is O=C(C=Cc1ccccc1)C=Cc1ccccc1.O=C(C=Cc1ccccc1)C=Cc1ccccc1.O=C(C=Cc1ccccc1)C=Cc1ccccc1.O=C([O-])[O-].[Cs+].[Cs+]. The minimum atomic E-state index is -2.33. The number of benzene rings is 6. The summed E-state index contributed by atoms with van der Waals surface area (Å²) in [5.41, 5.74) is 6.16. The van der Waals surface area contributed by atoms with E-state index in [1.165, 1.54) is 0 Å². The molecule has 0 saturated heterocycles. The van der Waals surface area contributed by atoms with Crippen LogP contribution in [0.4, 0.5) is 4.79 Å². The summed E-state index contributed by atoms with van der Waals surface area (Å²) in [5, 5.41) is 16.7. The quantitative estimate of drug-likeness (QED) is 0.174. The third-order valence-corrected chi connectivity index (χ3v) is 7.44. The maximum Gasteiger partial charge on any atom is 1.00 e. The molecule has 288 valence electrons. The number of rotatable bonds is 12. The normalized spacial score (nSPS) is 10.4. The first-order chi connectivity index (χ1) is 28.3. The van der Waals surface area contributed by atoms with Crippen LogP contribution in [0.1, 0.15) is 33.4 Å². The first-order valence-electron chi connectivity index (χ1n) is 18.2. The Kier molecular flexibility index (Phi) is 31.4. The molecular weight excluding hydrogens is 986 g/mol. The van der Waals surface area contributed by atoms with Gasteiger partial charge in [-0.2, -0.15) is 0 Å². The summed E-state index contributed by atoms with van der Waals surface area (Å²) in [6.07, 6.45) is 18.0. The smallest absolute Gasteiger partial charge is 0.652 e. The molecule has 0 amide bonds. The van der Waals surface area contributed by atoms with Crippen molar-refractivity contribution < 1.29 is 167 Å². The topological polar surface area (TPSA) is 114 Å². The van der Waals surface area contributed by atoms with Crippen LogP contribution in [0.3, 0.4) is 0 Å². The zero-order valence-corrected chi connectivity index (χ0v) is 46.3. The Hall–Kier alpha value is -3.86. The summed E-state index contributed by atoms with van der Waals surface area (Å²) in [5.74, 6) is -0.0341. The predicted molar refractivity (Wildman–Crippen MR) is 233 cm³/mol. The van der Waals surface area contributed by atoms with Crippen molar-refractivity contribution in [3.63, 3.8) is 0 Å². The summed E-state index contributed by atoms with van der Waals surface area (Å²) < 4.78 is 0. The maximum atomic E-state index is 11.6. The molecule has 6 aromatic rings. The monoisotopic (exact) mass is 1030 g/mol. The molecule has 6 aromatic carbocycles. The Morgan fingerprint density at radius 2 is 0.383 bits per heavy atom. The van der Waals surface area contributed by atoms with E-state index < -0.39 is 6.16 Å². The van der Waals surface area contributed by atoms with Gasteiger partial charge in [-0.05, 0) is 76.0 Å². The summed E-state index contributed by atoms with van der Waals surface area (Å²) >= 11 is 0. The van der Waals surface area contributed by atoms with E-state index in [1.807, 2.05) is 218 Å². The van der Waals surface area contributed by atoms with Crippen molar-refractivity contribution in [2.45, 2.75) is 0 Å². The van der Waals surface area contributed by atoms with Gasteiger partial charge in [0.2, 0.25) is 0 Å². The van der Waals surface area contributed by atoms with Gasteiger partial charge in [-0.3, -0.25) is 14.4 Å². The van der Waals surface area contributed by atoms with Crippen LogP contribution >= 0.6 is 0 Å². The molecule has 60 heavy (non-hydrogen) atoms. The Bertz CT molecular complexity index is 1870. The van der Waals surface area contributed by atoms with Crippen LogP contribution in [0, 0.1) is 0 Å². The second kappa shape index (κ2) is 34.8. The molecule has 0 saturated carbocycles. The maximum absolute atomic E-state index is 11.6. The minimum absolute atomic E-state index is 0. The van der Waals surface area contributed by atoms with Crippen LogP contribution in [-0.2, 0) is 14.4 Å². The van der Waals surface area contributed by atoms with Crippen molar-refractivity contribution in [2.75, 3.05) is 0 Å². The van der Waals surface area contributed by atoms with E-state index >= 15 is 0 Å². The van der Waals surface area contributed by atoms with E-state index in [2.05, 4.69) is 0 Å². The van der Waals surface area contributed by atoms with Crippen LogP contribution in [0.25, 0.3) is 36.5 Å². The van der Waals surface area contributed by atoms with Crippen molar-refractivity contribution in [3.05, 3.63) is 252 Å². The van der Waals surface area contributed by atoms with Crippen LogP contribution in [0.15, 0.2) is 218 Å². The fourth-order valence-electron chi connectivity index (χ4n) is 4.62. The Morgan fingerprint density at radius 3 is 0.500 bits per heavy atom. The van der Waals surface area contributed by atoms with E-state index in [9.17, 15) is 14.4 Å². The number of allylic oxidation sites excluding steroid dienone is 6. The van der Waals surface area contributed by atoms with Gasteiger partial charge in [0, 0.05) is 0 Å². The molecule has 0 N–H and O–H groups in total. The molecule has 0 aliphatic carbocycles. The van der Waals surface area contributed by atoms with Gasteiger partial charge in [0.05, 0.1) is 0 Å². The van der Waals surface area contributed by atoms with Crippen LogP contribution in [0.5, 0.6) is 0 Å². The fourth-order valence-corrected chi connectivity index (χ4v) is 4.62. The Labute approximate surface area is 470 Å². The van der Waals surface area contributed by atoms with Crippen molar-refractivity contribution in [2.24, 2.45) is 0 Å². The molecule has 0 aliphatic heterocycles. The molecule has 0 aromatic heterocycles. The zero-order valence-electron chi connectivity index (χ0n) is 33.7. The molecule has 0 bridgehead atoms. The van der Waals surface area contributed by atoms with Gasteiger partial charge in [0.1, 0.15) is 0 Å². The molecule has 6 rings (SSSR count). The Morgan fingerprint density at radius 1 is 0.267 bits per heavy atom. The number of hydrogen-bond donors (Lipinski definition) is 0. The predicted octanol–water partition coefficient (Wildman–Crippen LogP) is 3.51. The number of carboxylic acid groups (broad SMARTS) is 2. The number of carbonyl (C=O) groups is 4. The van der Waals surface area contributed by atoms with Crippen molar-refractivity contribution in [1.82, 2.24) is 0 Å². The first kappa shape index (κ1) is 54.2. The van der Waals surface area contributed by atoms with Gasteiger partial charge in [0.15, 0.2) is 17.3 Å². The Balaban J connectivity index is 0.000000423. The molecule has 0 fully saturated rings. The molecular formula is C52H42Cs2O6.